The topological polar surface area (TPSA) is 20.2 Å². The fraction of sp³-hybridized carbons (Fsp3) is 0.800. The average molecular weight is 152 g/mol. The molecule has 1 rings (SSSR count). The fourth-order valence-electron chi connectivity index (χ4n) is 1.47. The zero-order valence-electron chi connectivity index (χ0n) is 6.92. The van der Waals surface area contributed by atoms with Crippen LogP contribution >= 0.6 is 0 Å². The molecule has 0 aromatic rings. The molecule has 0 aromatic carbocycles. The van der Waals surface area contributed by atoms with Gasteiger partial charge in [0.05, 0.1) is 6.10 Å². The largest absolute Gasteiger partial charge is 0.393 e. The van der Waals surface area contributed by atoms with E-state index in [2.05, 4.69) is 5.92 Å². The van der Waals surface area contributed by atoms with Gasteiger partial charge in [0.15, 0.2) is 0 Å². The van der Waals surface area contributed by atoms with Gasteiger partial charge in [-0.1, -0.05) is 6.42 Å². The molecule has 1 N–H and O–H groups in total. The lowest BCUT2D eigenvalue weighted by Gasteiger charge is -2.30. The third-order valence-corrected chi connectivity index (χ3v) is 2.51. The maximum Gasteiger partial charge on any atom is 0.0568 e. The normalized spacial score (nSPS) is 20.4. The van der Waals surface area contributed by atoms with E-state index in [0.29, 0.717) is 5.92 Å². The lowest BCUT2D eigenvalue weighted by atomic mass is 9.79. The van der Waals surface area contributed by atoms with Crippen molar-refractivity contribution >= 4 is 0 Å². The fourth-order valence-corrected chi connectivity index (χ4v) is 1.47. The van der Waals surface area contributed by atoms with E-state index >= 15 is 0 Å². The minimum atomic E-state index is -0.0721. The van der Waals surface area contributed by atoms with Crippen LogP contribution in [-0.2, 0) is 0 Å². The molecule has 0 bridgehead atoms. The van der Waals surface area contributed by atoms with Crippen molar-refractivity contribution in [1.82, 2.24) is 0 Å². The first-order valence-electron chi connectivity index (χ1n) is 4.46. The van der Waals surface area contributed by atoms with Crippen LogP contribution in [0.3, 0.4) is 0 Å². The van der Waals surface area contributed by atoms with Crippen LogP contribution < -0.4 is 0 Å². The highest BCUT2D eigenvalue weighted by atomic mass is 16.3. The summed E-state index contributed by atoms with van der Waals surface area (Å²) in [6.45, 7) is 0. The molecule has 0 heterocycles. The highest BCUT2D eigenvalue weighted by Gasteiger charge is 2.24. The van der Waals surface area contributed by atoms with Gasteiger partial charge in [0.25, 0.3) is 0 Å². The van der Waals surface area contributed by atoms with E-state index in [1.54, 1.807) is 0 Å². The average Bonchev–Trinajstić information content (AvgIpc) is 1.84. The summed E-state index contributed by atoms with van der Waals surface area (Å²) in [6.07, 6.45) is 11.5. The number of aliphatic hydroxyl groups is 1. The van der Waals surface area contributed by atoms with Crippen LogP contribution in [0.15, 0.2) is 0 Å². The summed E-state index contributed by atoms with van der Waals surface area (Å²) in [5.74, 6) is 3.18. The molecule has 1 saturated carbocycles. The zero-order chi connectivity index (χ0) is 8.10. The van der Waals surface area contributed by atoms with E-state index < -0.39 is 0 Å². The van der Waals surface area contributed by atoms with Gasteiger partial charge in [-0.2, -0.15) is 0 Å². The van der Waals surface area contributed by atoms with E-state index in [9.17, 15) is 5.11 Å². The molecule has 0 saturated heterocycles. The van der Waals surface area contributed by atoms with Crippen molar-refractivity contribution in [2.45, 2.75) is 44.6 Å². The molecule has 1 fully saturated rings. The Balaban J connectivity index is 2.01. The first kappa shape index (κ1) is 8.62. The maximum absolute atomic E-state index is 9.53. The Hall–Kier alpha value is -0.480. The highest BCUT2D eigenvalue weighted by molar-refractivity contribution is 4.84. The SMILES string of the molecule is C#CCCCC(O)C1CCC1. The van der Waals surface area contributed by atoms with Crippen LogP contribution in [0.25, 0.3) is 0 Å². The van der Waals surface area contributed by atoms with Gasteiger partial charge in [-0.15, -0.1) is 12.3 Å². The van der Waals surface area contributed by atoms with Gasteiger partial charge < -0.3 is 5.11 Å². The molecule has 62 valence electrons. The van der Waals surface area contributed by atoms with Crippen LogP contribution in [0.2, 0.25) is 0 Å². The van der Waals surface area contributed by atoms with Gasteiger partial charge in [0.1, 0.15) is 0 Å². The third kappa shape index (κ3) is 2.55. The highest BCUT2D eigenvalue weighted by Crippen LogP contribution is 2.31. The second-order valence-corrected chi connectivity index (χ2v) is 3.35. The van der Waals surface area contributed by atoms with Crippen molar-refractivity contribution in [3.63, 3.8) is 0 Å². The second-order valence-electron chi connectivity index (χ2n) is 3.35. The second kappa shape index (κ2) is 4.41. The van der Waals surface area contributed by atoms with Gasteiger partial charge in [0.2, 0.25) is 0 Å². The van der Waals surface area contributed by atoms with E-state index in [4.69, 9.17) is 6.42 Å². The molecular formula is C10H16O. The van der Waals surface area contributed by atoms with Crippen LogP contribution in [0.5, 0.6) is 0 Å². The number of hydrogen-bond donors (Lipinski definition) is 1. The molecule has 0 radical (unpaired) electrons. The molecular weight excluding hydrogens is 136 g/mol. The molecule has 1 heteroatoms. The van der Waals surface area contributed by atoms with Gasteiger partial charge in [0, 0.05) is 6.42 Å². The Morgan fingerprint density at radius 3 is 2.73 bits per heavy atom. The number of aliphatic hydroxyl groups excluding tert-OH is 1. The molecule has 0 amide bonds. The quantitative estimate of drug-likeness (QED) is 0.482. The summed E-state index contributed by atoms with van der Waals surface area (Å²) < 4.78 is 0. The number of terminal acetylenes is 1. The van der Waals surface area contributed by atoms with Crippen LogP contribution in [-0.4, -0.2) is 11.2 Å². The summed E-state index contributed by atoms with van der Waals surface area (Å²) in [5, 5.41) is 9.53. The summed E-state index contributed by atoms with van der Waals surface area (Å²) in [6, 6.07) is 0. The number of hydrogen-bond acceptors (Lipinski definition) is 1. The Bertz CT molecular complexity index is 141. The molecule has 0 aliphatic heterocycles. The summed E-state index contributed by atoms with van der Waals surface area (Å²) >= 11 is 0. The predicted octanol–water partition coefficient (Wildman–Crippen LogP) is 1.95. The monoisotopic (exact) mass is 152 g/mol. The summed E-state index contributed by atoms with van der Waals surface area (Å²) in [7, 11) is 0. The molecule has 1 atom stereocenters. The van der Waals surface area contributed by atoms with Crippen LogP contribution in [0.1, 0.15) is 38.5 Å². The van der Waals surface area contributed by atoms with Crippen molar-refractivity contribution in [1.29, 1.82) is 0 Å². The minimum absolute atomic E-state index is 0.0721. The van der Waals surface area contributed by atoms with Crippen molar-refractivity contribution < 1.29 is 5.11 Å². The molecule has 1 unspecified atom stereocenters. The zero-order valence-corrected chi connectivity index (χ0v) is 6.92. The van der Waals surface area contributed by atoms with Crippen molar-refractivity contribution in [2.75, 3.05) is 0 Å². The molecule has 0 aromatic heterocycles. The number of rotatable bonds is 4. The summed E-state index contributed by atoms with van der Waals surface area (Å²) in [5.41, 5.74) is 0. The number of unbranched alkanes of at least 4 members (excludes halogenated alkanes) is 1. The lowest BCUT2D eigenvalue weighted by Crippen LogP contribution is -2.26. The van der Waals surface area contributed by atoms with Crippen molar-refractivity contribution in [3.8, 4) is 12.3 Å². The molecule has 11 heavy (non-hydrogen) atoms. The van der Waals surface area contributed by atoms with E-state index in [1.807, 2.05) is 0 Å². The van der Waals surface area contributed by atoms with Crippen molar-refractivity contribution in [2.24, 2.45) is 5.92 Å². The van der Waals surface area contributed by atoms with E-state index in [0.717, 1.165) is 19.3 Å². The smallest absolute Gasteiger partial charge is 0.0568 e. The molecule has 0 spiro atoms. The maximum atomic E-state index is 9.53. The Morgan fingerprint density at radius 2 is 2.27 bits per heavy atom. The Kier molecular flexibility index (Phi) is 3.45. The summed E-state index contributed by atoms with van der Waals surface area (Å²) in [4.78, 5) is 0. The van der Waals surface area contributed by atoms with Gasteiger partial charge in [-0.25, -0.2) is 0 Å². The predicted molar refractivity (Wildman–Crippen MR) is 46.0 cm³/mol. The van der Waals surface area contributed by atoms with E-state index in [-0.39, 0.29) is 6.10 Å². The lowest BCUT2D eigenvalue weighted by molar-refractivity contribution is 0.0545. The Morgan fingerprint density at radius 1 is 1.55 bits per heavy atom. The standard InChI is InChI=1S/C10H16O/c1-2-3-4-8-10(11)9-6-5-7-9/h1,9-11H,3-8H2. The first-order chi connectivity index (χ1) is 5.34. The van der Waals surface area contributed by atoms with Gasteiger partial charge >= 0.3 is 0 Å². The Labute approximate surface area is 68.8 Å². The van der Waals surface area contributed by atoms with Gasteiger partial charge in [-0.3, -0.25) is 0 Å². The minimum Gasteiger partial charge on any atom is -0.393 e. The molecule has 1 nitrogen and oxygen atoms in total. The molecule has 1 aliphatic carbocycles. The molecule has 1 aliphatic rings. The van der Waals surface area contributed by atoms with Gasteiger partial charge in [-0.05, 0) is 31.6 Å². The van der Waals surface area contributed by atoms with Crippen molar-refractivity contribution in [3.05, 3.63) is 0 Å². The van der Waals surface area contributed by atoms with E-state index in [1.165, 1.54) is 19.3 Å². The third-order valence-electron chi connectivity index (χ3n) is 2.51. The van der Waals surface area contributed by atoms with Crippen LogP contribution in [0.4, 0.5) is 0 Å². The van der Waals surface area contributed by atoms with Crippen LogP contribution in [0, 0.1) is 18.3 Å². The first-order valence-corrected chi connectivity index (χ1v) is 4.46.